The highest BCUT2D eigenvalue weighted by Crippen LogP contribution is 2.30. The third-order valence-electron chi connectivity index (χ3n) is 3.77. The molecular formula is C14H22N2O2S. The quantitative estimate of drug-likeness (QED) is 0.837. The van der Waals surface area contributed by atoms with Gasteiger partial charge in [0.2, 0.25) is 0 Å². The van der Waals surface area contributed by atoms with E-state index in [1.807, 2.05) is 0 Å². The van der Waals surface area contributed by atoms with Crippen molar-refractivity contribution >= 4 is 22.4 Å². The van der Waals surface area contributed by atoms with E-state index in [0.29, 0.717) is 11.7 Å². The number of rotatable bonds is 5. The van der Waals surface area contributed by atoms with E-state index in [-0.39, 0.29) is 5.97 Å². The molecule has 5 heteroatoms. The maximum absolute atomic E-state index is 11.3. The molecule has 0 aliphatic heterocycles. The summed E-state index contributed by atoms with van der Waals surface area (Å²) >= 11 is 1.47. The van der Waals surface area contributed by atoms with Crippen LogP contribution in [0.3, 0.4) is 0 Å². The van der Waals surface area contributed by atoms with Gasteiger partial charge in [0.15, 0.2) is 10.8 Å². The Hall–Kier alpha value is -1.10. The summed E-state index contributed by atoms with van der Waals surface area (Å²) in [4.78, 5) is 15.6. The first-order valence-electron chi connectivity index (χ1n) is 7.03. The average molecular weight is 282 g/mol. The number of carbonyl (C=O) groups is 1. The zero-order valence-corrected chi connectivity index (χ0v) is 12.5. The number of esters is 1. The van der Waals surface area contributed by atoms with Crippen molar-refractivity contribution in [2.75, 3.05) is 12.4 Å². The van der Waals surface area contributed by atoms with Gasteiger partial charge in [0.05, 0.1) is 7.11 Å². The minimum absolute atomic E-state index is 0.365. The average Bonchev–Trinajstić information content (AvgIpc) is 2.89. The molecule has 0 unspecified atom stereocenters. The van der Waals surface area contributed by atoms with Crippen LogP contribution >= 0.6 is 11.3 Å². The van der Waals surface area contributed by atoms with Crippen molar-refractivity contribution in [3.8, 4) is 0 Å². The fourth-order valence-electron chi connectivity index (χ4n) is 2.72. The molecule has 1 aromatic heterocycles. The van der Waals surface area contributed by atoms with Crippen LogP contribution in [0.1, 0.15) is 55.9 Å². The second-order valence-electron chi connectivity index (χ2n) is 5.18. The molecule has 1 N–H and O–H groups in total. The van der Waals surface area contributed by atoms with Crippen LogP contribution in [0, 0.1) is 5.92 Å². The van der Waals surface area contributed by atoms with E-state index in [1.54, 1.807) is 5.38 Å². The maximum atomic E-state index is 11.3. The number of hydrogen-bond donors (Lipinski definition) is 1. The van der Waals surface area contributed by atoms with Gasteiger partial charge in [-0.25, -0.2) is 9.78 Å². The van der Waals surface area contributed by atoms with Crippen LogP contribution in [-0.2, 0) is 4.74 Å². The van der Waals surface area contributed by atoms with E-state index in [1.165, 1.54) is 57.0 Å². The largest absolute Gasteiger partial charge is 0.464 e. The summed E-state index contributed by atoms with van der Waals surface area (Å²) in [5, 5.41) is 6.02. The Kier molecular flexibility index (Phi) is 5.19. The molecule has 1 aliphatic rings. The second kappa shape index (κ2) is 6.89. The van der Waals surface area contributed by atoms with E-state index in [9.17, 15) is 4.79 Å². The van der Waals surface area contributed by atoms with Crippen molar-refractivity contribution < 1.29 is 9.53 Å². The molecule has 1 aliphatic carbocycles. The topological polar surface area (TPSA) is 51.2 Å². The fourth-order valence-corrected chi connectivity index (χ4v) is 3.47. The normalized spacial score (nSPS) is 23.1. The van der Waals surface area contributed by atoms with Crippen LogP contribution in [0.25, 0.3) is 0 Å². The van der Waals surface area contributed by atoms with E-state index < -0.39 is 0 Å². The number of nitrogens with zero attached hydrogens (tertiary/aromatic N) is 1. The van der Waals surface area contributed by atoms with Crippen LogP contribution in [0.4, 0.5) is 5.13 Å². The molecular weight excluding hydrogens is 260 g/mol. The molecule has 0 amide bonds. The first-order chi connectivity index (χ1) is 9.22. The summed E-state index contributed by atoms with van der Waals surface area (Å²) in [6, 6.07) is 0.504. The van der Waals surface area contributed by atoms with Crippen LogP contribution in [0.15, 0.2) is 5.38 Å². The molecule has 0 saturated heterocycles. The van der Waals surface area contributed by atoms with Crippen molar-refractivity contribution in [3.63, 3.8) is 0 Å². The minimum atomic E-state index is -0.365. The zero-order valence-electron chi connectivity index (χ0n) is 11.6. The van der Waals surface area contributed by atoms with Gasteiger partial charge in [-0.3, -0.25) is 0 Å². The van der Waals surface area contributed by atoms with Gasteiger partial charge in [-0.1, -0.05) is 19.8 Å². The summed E-state index contributed by atoms with van der Waals surface area (Å²) in [7, 11) is 1.38. The lowest BCUT2D eigenvalue weighted by Crippen LogP contribution is -2.26. The van der Waals surface area contributed by atoms with E-state index >= 15 is 0 Å². The molecule has 4 nitrogen and oxygen atoms in total. The van der Waals surface area contributed by atoms with Crippen molar-refractivity contribution in [1.82, 2.24) is 4.98 Å². The molecule has 1 aromatic rings. The Balaban J connectivity index is 1.82. The SMILES string of the molecule is CCCC1CCC(Nc2nc(C(=O)OC)cs2)CC1. The number of nitrogens with one attached hydrogen (secondary N) is 1. The van der Waals surface area contributed by atoms with Gasteiger partial charge in [-0.05, 0) is 31.6 Å². The molecule has 106 valence electrons. The molecule has 1 saturated carbocycles. The molecule has 1 heterocycles. The lowest BCUT2D eigenvalue weighted by molar-refractivity contribution is 0.0595. The number of aromatic nitrogens is 1. The number of hydrogen-bond acceptors (Lipinski definition) is 5. The molecule has 19 heavy (non-hydrogen) atoms. The zero-order chi connectivity index (χ0) is 13.7. The minimum Gasteiger partial charge on any atom is -0.464 e. The summed E-state index contributed by atoms with van der Waals surface area (Å²) < 4.78 is 4.66. The number of anilines is 1. The Bertz CT molecular complexity index is 411. The first kappa shape index (κ1) is 14.3. The van der Waals surface area contributed by atoms with E-state index in [2.05, 4.69) is 22.0 Å². The van der Waals surface area contributed by atoms with Crippen molar-refractivity contribution in [1.29, 1.82) is 0 Å². The summed E-state index contributed by atoms with van der Waals surface area (Å²) in [6.45, 7) is 2.26. The third kappa shape index (κ3) is 3.93. The molecule has 1 fully saturated rings. The van der Waals surface area contributed by atoms with Crippen LogP contribution in [0.5, 0.6) is 0 Å². The highest BCUT2D eigenvalue weighted by Gasteiger charge is 2.21. The molecule has 2 rings (SSSR count). The summed E-state index contributed by atoms with van der Waals surface area (Å²) in [5.41, 5.74) is 0.398. The first-order valence-corrected chi connectivity index (χ1v) is 7.91. The number of ether oxygens (including phenoxy) is 1. The third-order valence-corrected chi connectivity index (χ3v) is 4.54. The number of carbonyl (C=O) groups excluding carboxylic acids is 1. The van der Waals surface area contributed by atoms with Gasteiger partial charge in [-0.15, -0.1) is 11.3 Å². The van der Waals surface area contributed by atoms with Crippen molar-refractivity contribution in [2.45, 2.75) is 51.5 Å². The Labute approximate surface area is 118 Å². The Morgan fingerprint density at radius 3 is 2.84 bits per heavy atom. The predicted molar refractivity (Wildman–Crippen MR) is 77.7 cm³/mol. The predicted octanol–water partition coefficient (Wildman–Crippen LogP) is 3.70. The highest BCUT2D eigenvalue weighted by atomic mass is 32.1. The molecule has 0 aromatic carbocycles. The number of methoxy groups -OCH3 is 1. The Morgan fingerprint density at radius 2 is 2.21 bits per heavy atom. The van der Waals surface area contributed by atoms with E-state index in [4.69, 9.17) is 0 Å². The molecule has 0 radical (unpaired) electrons. The standard InChI is InChI=1S/C14H22N2O2S/c1-3-4-10-5-7-11(8-6-10)15-14-16-12(9-19-14)13(17)18-2/h9-11H,3-8H2,1-2H3,(H,15,16). The van der Waals surface area contributed by atoms with Gasteiger partial charge < -0.3 is 10.1 Å². The Morgan fingerprint density at radius 1 is 1.47 bits per heavy atom. The van der Waals surface area contributed by atoms with Crippen molar-refractivity contribution in [2.24, 2.45) is 5.92 Å². The van der Waals surface area contributed by atoms with Gasteiger partial charge in [0, 0.05) is 11.4 Å². The highest BCUT2D eigenvalue weighted by molar-refractivity contribution is 7.13. The number of thiazole rings is 1. The molecule has 0 atom stereocenters. The van der Waals surface area contributed by atoms with Crippen LogP contribution in [-0.4, -0.2) is 24.1 Å². The van der Waals surface area contributed by atoms with Crippen LogP contribution in [0.2, 0.25) is 0 Å². The van der Waals surface area contributed by atoms with Gasteiger partial charge in [0.1, 0.15) is 0 Å². The van der Waals surface area contributed by atoms with Crippen molar-refractivity contribution in [3.05, 3.63) is 11.1 Å². The van der Waals surface area contributed by atoms with Crippen LogP contribution < -0.4 is 5.32 Å². The van der Waals surface area contributed by atoms with Gasteiger partial charge in [-0.2, -0.15) is 0 Å². The van der Waals surface area contributed by atoms with Gasteiger partial charge >= 0.3 is 5.97 Å². The van der Waals surface area contributed by atoms with Gasteiger partial charge in [0.25, 0.3) is 0 Å². The fraction of sp³-hybridized carbons (Fsp3) is 0.714. The summed E-state index contributed by atoms with van der Waals surface area (Å²) in [6.07, 6.45) is 7.67. The second-order valence-corrected chi connectivity index (χ2v) is 6.04. The maximum Gasteiger partial charge on any atom is 0.357 e. The summed E-state index contributed by atoms with van der Waals surface area (Å²) in [5.74, 6) is 0.543. The monoisotopic (exact) mass is 282 g/mol. The molecule has 0 spiro atoms. The lowest BCUT2D eigenvalue weighted by Gasteiger charge is -2.28. The lowest BCUT2D eigenvalue weighted by atomic mass is 9.83. The molecule has 0 bridgehead atoms. The smallest absolute Gasteiger partial charge is 0.357 e. The van der Waals surface area contributed by atoms with E-state index in [0.717, 1.165) is 11.0 Å².